The Morgan fingerprint density at radius 2 is 1.86 bits per heavy atom. The van der Waals surface area contributed by atoms with Crippen molar-refractivity contribution in [1.82, 2.24) is 15.5 Å². The summed E-state index contributed by atoms with van der Waals surface area (Å²) in [5.74, 6) is -0.921. The van der Waals surface area contributed by atoms with Crippen molar-refractivity contribution in [1.29, 1.82) is 0 Å². The second kappa shape index (κ2) is 8.05. The van der Waals surface area contributed by atoms with Crippen LogP contribution < -0.4 is 10.6 Å². The summed E-state index contributed by atoms with van der Waals surface area (Å²) in [5, 5.41) is 6.29. The number of nitrogens with one attached hydrogen (secondary N) is 2. The van der Waals surface area contributed by atoms with Gasteiger partial charge in [-0.2, -0.15) is 0 Å². The van der Waals surface area contributed by atoms with Crippen molar-refractivity contribution in [2.75, 3.05) is 6.54 Å². The van der Waals surface area contributed by atoms with Crippen molar-refractivity contribution >= 4 is 41.0 Å². The number of urea groups is 1. The molecule has 0 aliphatic carbocycles. The average Bonchev–Trinajstić information content (AvgIpc) is 2.88. The summed E-state index contributed by atoms with van der Waals surface area (Å²) < 4.78 is 0. The van der Waals surface area contributed by atoms with E-state index in [0.717, 1.165) is 16.0 Å². The minimum absolute atomic E-state index is 0.374. The number of nitrogens with zero attached hydrogens (tertiary/aromatic N) is 1. The first-order valence-corrected chi connectivity index (χ1v) is 9.83. The van der Waals surface area contributed by atoms with Gasteiger partial charge >= 0.3 is 6.03 Å². The zero-order valence-corrected chi connectivity index (χ0v) is 17.8. The number of benzene rings is 2. The monoisotopic (exact) mass is 433 g/mol. The predicted octanol–water partition coefficient (Wildman–Crippen LogP) is 3.95. The Morgan fingerprint density at radius 3 is 2.52 bits per heavy atom. The molecule has 29 heavy (non-hydrogen) atoms. The molecule has 0 bridgehead atoms. The van der Waals surface area contributed by atoms with Crippen molar-refractivity contribution in [3.8, 4) is 0 Å². The number of aryl methyl sites for hydroxylation is 1. The lowest BCUT2D eigenvalue weighted by molar-refractivity contribution is -0.135. The summed E-state index contributed by atoms with van der Waals surface area (Å²) in [4.78, 5) is 38.9. The van der Waals surface area contributed by atoms with E-state index in [1.807, 2.05) is 19.1 Å². The Morgan fingerprint density at radius 1 is 1.17 bits per heavy atom. The van der Waals surface area contributed by atoms with Gasteiger partial charge in [-0.3, -0.25) is 14.5 Å². The largest absolute Gasteiger partial charge is 0.348 e. The van der Waals surface area contributed by atoms with Crippen molar-refractivity contribution < 1.29 is 14.4 Å². The topological polar surface area (TPSA) is 78.5 Å². The van der Waals surface area contributed by atoms with Crippen LogP contribution in [-0.2, 0) is 15.1 Å². The van der Waals surface area contributed by atoms with Crippen LogP contribution in [-0.4, -0.2) is 29.3 Å². The maximum Gasteiger partial charge on any atom is 0.325 e. The van der Waals surface area contributed by atoms with Gasteiger partial charge in [-0.05, 0) is 49.6 Å². The molecular formula is C21H21Cl2N3O3. The van der Waals surface area contributed by atoms with Crippen molar-refractivity contribution in [3.63, 3.8) is 0 Å². The van der Waals surface area contributed by atoms with Crippen molar-refractivity contribution in [2.24, 2.45) is 0 Å². The minimum Gasteiger partial charge on any atom is -0.348 e. The molecule has 4 amide bonds. The molecule has 8 heteroatoms. The lowest BCUT2D eigenvalue weighted by Gasteiger charge is -2.24. The van der Waals surface area contributed by atoms with Crippen LogP contribution in [0.2, 0.25) is 10.0 Å². The molecule has 2 aromatic rings. The summed E-state index contributed by atoms with van der Waals surface area (Å²) in [6.45, 7) is 4.92. The van der Waals surface area contributed by atoms with Gasteiger partial charge < -0.3 is 10.6 Å². The highest BCUT2D eigenvalue weighted by atomic mass is 35.5. The third-order valence-corrected chi connectivity index (χ3v) is 5.82. The molecule has 2 N–H and O–H groups in total. The number of carbonyl (C=O) groups excluding carboxylic acids is 3. The highest BCUT2D eigenvalue weighted by Gasteiger charge is 2.50. The van der Waals surface area contributed by atoms with E-state index in [1.54, 1.807) is 44.2 Å². The maximum absolute atomic E-state index is 13.0. The van der Waals surface area contributed by atoms with Crippen molar-refractivity contribution in [2.45, 2.75) is 32.4 Å². The summed E-state index contributed by atoms with van der Waals surface area (Å²) in [6, 6.07) is 11.4. The molecule has 6 nitrogen and oxygen atoms in total. The fourth-order valence-electron chi connectivity index (χ4n) is 3.45. The van der Waals surface area contributed by atoms with Crippen LogP contribution in [0.1, 0.15) is 36.6 Å². The molecule has 1 fully saturated rings. The summed E-state index contributed by atoms with van der Waals surface area (Å²) in [6.07, 6.45) is 0. The van der Waals surface area contributed by atoms with E-state index in [1.165, 1.54) is 0 Å². The van der Waals surface area contributed by atoms with Gasteiger partial charge in [0.25, 0.3) is 5.91 Å². The molecule has 2 aromatic carbocycles. The van der Waals surface area contributed by atoms with E-state index in [2.05, 4.69) is 10.6 Å². The Hall–Kier alpha value is -2.57. The molecule has 0 aromatic heterocycles. The lowest BCUT2D eigenvalue weighted by Crippen LogP contribution is -2.43. The molecule has 1 heterocycles. The first-order valence-electron chi connectivity index (χ1n) is 9.08. The third kappa shape index (κ3) is 4.09. The van der Waals surface area contributed by atoms with Crippen LogP contribution in [0.25, 0.3) is 0 Å². The van der Waals surface area contributed by atoms with Crippen LogP contribution in [0.3, 0.4) is 0 Å². The van der Waals surface area contributed by atoms with Gasteiger partial charge in [-0.1, -0.05) is 53.5 Å². The molecule has 0 spiro atoms. The van der Waals surface area contributed by atoms with E-state index < -0.39 is 23.4 Å². The van der Waals surface area contributed by atoms with Gasteiger partial charge in [0.15, 0.2) is 0 Å². The third-order valence-electron chi connectivity index (χ3n) is 5.08. The lowest BCUT2D eigenvalue weighted by atomic mass is 9.88. The zero-order valence-electron chi connectivity index (χ0n) is 16.3. The van der Waals surface area contributed by atoms with E-state index in [9.17, 15) is 14.4 Å². The molecule has 1 aliphatic heterocycles. The standard InChI is InChI=1S/C21H21Cl2N3O3/c1-12-6-4-5-7-15(12)21(3)19(28)26(20(29)25-21)11-18(27)24-13(2)14-8-9-16(22)17(23)10-14/h4-10,13H,11H2,1-3H3,(H,24,27)(H,25,29). The highest BCUT2D eigenvalue weighted by molar-refractivity contribution is 6.42. The minimum atomic E-state index is -1.21. The Balaban J connectivity index is 1.72. The Bertz CT molecular complexity index is 995. The smallest absolute Gasteiger partial charge is 0.325 e. The van der Waals surface area contributed by atoms with Gasteiger partial charge in [0.05, 0.1) is 16.1 Å². The Labute approximate surface area is 179 Å². The molecule has 1 saturated heterocycles. The second-order valence-corrected chi connectivity index (χ2v) is 8.04. The summed E-state index contributed by atoms with van der Waals surface area (Å²) in [7, 11) is 0. The summed E-state index contributed by atoms with van der Waals surface area (Å²) in [5.41, 5.74) is 1.13. The quantitative estimate of drug-likeness (QED) is 0.700. The van der Waals surface area contributed by atoms with Gasteiger partial charge in [-0.25, -0.2) is 4.79 Å². The fourth-order valence-corrected chi connectivity index (χ4v) is 3.76. The molecule has 2 unspecified atom stereocenters. The second-order valence-electron chi connectivity index (χ2n) is 7.22. The number of halogens is 2. The van der Waals surface area contributed by atoms with Gasteiger partial charge in [0.2, 0.25) is 5.91 Å². The average molecular weight is 434 g/mol. The van der Waals surface area contributed by atoms with E-state index >= 15 is 0 Å². The van der Waals surface area contributed by atoms with Crippen LogP contribution in [0.15, 0.2) is 42.5 Å². The fraction of sp³-hybridized carbons (Fsp3) is 0.286. The van der Waals surface area contributed by atoms with E-state index in [0.29, 0.717) is 15.6 Å². The molecule has 0 saturated carbocycles. The highest BCUT2D eigenvalue weighted by Crippen LogP contribution is 2.31. The number of hydrogen-bond donors (Lipinski definition) is 2. The number of amides is 4. The number of imide groups is 1. The maximum atomic E-state index is 13.0. The van der Waals surface area contributed by atoms with Crippen LogP contribution in [0.4, 0.5) is 4.79 Å². The Kier molecular flexibility index (Phi) is 5.87. The van der Waals surface area contributed by atoms with Gasteiger partial charge in [0, 0.05) is 0 Å². The molecule has 152 valence electrons. The predicted molar refractivity (Wildman–Crippen MR) is 112 cm³/mol. The summed E-state index contributed by atoms with van der Waals surface area (Å²) >= 11 is 11.9. The zero-order chi connectivity index (χ0) is 21.3. The van der Waals surface area contributed by atoms with Gasteiger partial charge in [-0.15, -0.1) is 0 Å². The van der Waals surface area contributed by atoms with Gasteiger partial charge in [0.1, 0.15) is 12.1 Å². The van der Waals surface area contributed by atoms with Crippen molar-refractivity contribution in [3.05, 3.63) is 69.2 Å². The van der Waals surface area contributed by atoms with Crippen LogP contribution in [0, 0.1) is 6.92 Å². The van der Waals surface area contributed by atoms with Crippen LogP contribution >= 0.6 is 23.2 Å². The molecule has 1 aliphatic rings. The van der Waals surface area contributed by atoms with E-state index in [-0.39, 0.29) is 12.6 Å². The SMILES string of the molecule is Cc1ccccc1C1(C)NC(=O)N(CC(=O)NC(C)c2ccc(Cl)c(Cl)c2)C1=O. The molecular weight excluding hydrogens is 413 g/mol. The number of carbonyl (C=O) groups is 3. The number of rotatable bonds is 5. The normalized spacial score (nSPS) is 19.8. The molecule has 2 atom stereocenters. The first kappa shape index (κ1) is 21.1. The number of hydrogen-bond acceptors (Lipinski definition) is 3. The molecule has 3 rings (SSSR count). The molecule has 0 radical (unpaired) electrons. The van der Waals surface area contributed by atoms with E-state index in [4.69, 9.17) is 23.2 Å². The van der Waals surface area contributed by atoms with Crippen LogP contribution in [0.5, 0.6) is 0 Å². The first-order chi connectivity index (χ1) is 13.6.